The molecule has 2 aromatic rings. The molecule has 1 aliphatic heterocycles. The summed E-state index contributed by atoms with van der Waals surface area (Å²) in [5.74, 6) is 1.45. The van der Waals surface area contributed by atoms with Crippen molar-refractivity contribution in [1.82, 2.24) is 10.6 Å². The molecule has 1 heterocycles. The summed E-state index contributed by atoms with van der Waals surface area (Å²) in [6, 6.07) is 13.8. The lowest BCUT2D eigenvalue weighted by molar-refractivity contribution is 0.409. The van der Waals surface area contributed by atoms with Crippen LogP contribution in [0.25, 0.3) is 0 Å². The van der Waals surface area contributed by atoms with Crippen LogP contribution in [0.5, 0.6) is 5.75 Å². The first-order valence-electron chi connectivity index (χ1n) is 10.1. The molecule has 0 saturated carbocycles. The fourth-order valence-corrected chi connectivity index (χ4v) is 5.07. The van der Waals surface area contributed by atoms with E-state index >= 15 is 0 Å². The van der Waals surface area contributed by atoms with Gasteiger partial charge < -0.3 is 15.4 Å². The Kier molecular flexibility index (Phi) is 7.20. The van der Waals surface area contributed by atoms with Crippen molar-refractivity contribution in [2.45, 2.75) is 19.8 Å². The van der Waals surface area contributed by atoms with Crippen molar-refractivity contribution >= 4 is 21.7 Å². The Bertz CT molecular complexity index is 1010. The first-order valence-corrected chi connectivity index (χ1v) is 11.7. The normalized spacial score (nSPS) is 13.8. The molecule has 0 spiro atoms. The molecule has 0 fully saturated rings. The van der Waals surface area contributed by atoms with Crippen molar-refractivity contribution < 1.29 is 13.2 Å². The largest absolute Gasteiger partial charge is 0.496 e. The molecule has 0 unspecified atom stereocenters. The van der Waals surface area contributed by atoms with Gasteiger partial charge in [-0.3, -0.25) is 9.30 Å². The lowest BCUT2D eigenvalue weighted by Crippen LogP contribution is -2.42. The molecule has 3 rings (SSSR count). The second-order valence-electron chi connectivity index (χ2n) is 7.26. The highest BCUT2D eigenvalue weighted by Gasteiger charge is 2.28. The zero-order chi connectivity index (χ0) is 21.6. The van der Waals surface area contributed by atoms with Crippen LogP contribution in [0.1, 0.15) is 16.7 Å². The molecule has 0 aliphatic carbocycles. The van der Waals surface area contributed by atoms with Crippen molar-refractivity contribution in [2.24, 2.45) is 4.99 Å². The topological polar surface area (TPSA) is 83.0 Å². The molecule has 7 nitrogen and oxygen atoms in total. The summed E-state index contributed by atoms with van der Waals surface area (Å²) in [6.07, 6.45) is 1.53. The number of anilines is 1. The molecular formula is C22H30N4O3S. The van der Waals surface area contributed by atoms with Gasteiger partial charge in [-0.1, -0.05) is 35.9 Å². The van der Waals surface area contributed by atoms with E-state index in [1.807, 2.05) is 36.4 Å². The highest BCUT2D eigenvalue weighted by atomic mass is 32.2. The van der Waals surface area contributed by atoms with Gasteiger partial charge >= 0.3 is 0 Å². The highest BCUT2D eigenvalue weighted by molar-refractivity contribution is 7.92. The Morgan fingerprint density at radius 2 is 1.93 bits per heavy atom. The van der Waals surface area contributed by atoms with Crippen molar-refractivity contribution in [3.8, 4) is 5.75 Å². The first kappa shape index (κ1) is 22.0. The zero-order valence-corrected chi connectivity index (χ0v) is 18.6. The minimum atomic E-state index is -3.38. The molecule has 8 heteroatoms. The number of sulfonamides is 1. The smallest absolute Gasteiger partial charge is 0.236 e. The highest BCUT2D eigenvalue weighted by Crippen LogP contribution is 2.29. The number of nitrogens with zero attached hydrogens (tertiary/aromatic N) is 2. The van der Waals surface area contributed by atoms with Gasteiger partial charge in [0.25, 0.3) is 0 Å². The lowest BCUT2D eigenvalue weighted by Gasteiger charge is -2.20. The van der Waals surface area contributed by atoms with Gasteiger partial charge in [0.15, 0.2) is 5.96 Å². The fraction of sp³-hybridized carbons (Fsp3) is 0.409. The summed E-state index contributed by atoms with van der Waals surface area (Å²) in [4.78, 5) is 4.19. The quantitative estimate of drug-likeness (QED) is 0.495. The van der Waals surface area contributed by atoms with E-state index in [0.717, 1.165) is 35.4 Å². The number of hydrogen-bond acceptors (Lipinski definition) is 4. The molecule has 0 radical (unpaired) electrons. The second-order valence-corrected chi connectivity index (χ2v) is 9.27. The third kappa shape index (κ3) is 5.24. The van der Waals surface area contributed by atoms with E-state index in [-0.39, 0.29) is 12.3 Å². The van der Waals surface area contributed by atoms with Crippen LogP contribution in [0.2, 0.25) is 0 Å². The van der Waals surface area contributed by atoms with Gasteiger partial charge in [-0.15, -0.1) is 0 Å². The number of methoxy groups -OCH3 is 1. The average Bonchev–Trinajstić information content (AvgIpc) is 3.18. The Labute approximate surface area is 179 Å². The van der Waals surface area contributed by atoms with Crippen molar-refractivity contribution in [1.29, 1.82) is 0 Å². The van der Waals surface area contributed by atoms with Crippen LogP contribution in [0.4, 0.5) is 5.69 Å². The number of para-hydroxylation sites is 1. The van der Waals surface area contributed by atoms with E-state index in [0.29, 0.717) is 19.0 Å². The maximum atomic E-state index is 12.8. The van der Waals surface area contributed by atoms with Crippen molar-refractivity contribution in [2.75, 3.05) is 43.8 Å². The number of aryl methyl sites for hydroxylation is 1. The summed E-state index contributed by atoms with van der Waals surface area (Å²) < 4.78 is 32.5. The van der Waals surface area contributed by atoms with E-state index < -0.39 is 10.0 Å². The van der Waals surface area contributed by atoms with Crippen LogP contribution >= 0.6 is 0 Å². The number of aliphatic imine (C=N–C) groups is 1. The summed E-state index contributed by atoms with van der Waals surface area (Å²) >= 11 is 0. The van der Waals surface area contributed by atoms with E-state index in [9.17, 15) is 8.42 Å². The molecular weight excluding hydrogens is 400 g/mol. The van der Waals surface area contributed by atoms with Crippen LogP contribution in [-0.4, -0.2) is 53.9 Å². The minimum Gasteiger partial charge on any atom is -0.496 e. The van der Waals surface area contributed by atoms with Crippen LogP contribution < -0.4 is 19.7 Å². The standard InChI is InChI=1S/C22H30N4O3S/c1-17-8-9-21(29-3)19(16-17)10-12-24-22(23-2)25-13-15-30(27,28)26-14-11-18-6-4-5-7-20(18)26/h4-9,16H,10-15H2,1-3H3,(H2,23,24,25). The van der Waals surface area contributed by atoms with Gasteiger partial charge in [-0.2, -0.15) is 0 Å². The summed E-state index contributed by atoms with van der Waals surface area (Å²) in [7, 11) is -0.0407. The Balaban J connectivity index is 1.49. The van der Waals surface area contributed by atoms with E-state index in [4.69, 9.17) is 4.74 Å². The maximum absolute atomic E-state index is 12.8. The monoisotopic (exact) mass is 430 g/mol. The van der Waals surface area contributed by atoms with Crippen LogP contribution in [0, 0.1) is 6.92 Å². The number of guanidine groups is 1. The molecule has 162 valence electrons. The molecule has 0 bridgehead atoms. The zero-order valence-electron chi connectivity index (χ0n) is 17.8. The van der Waals surface area contributed by atoms with Crippen LogP contribution in [0.3, 0.4) is 0 Å². The molecule has 0 atom stereocenters. The van der Waals surface area contributed by atoms with Gasteiger partial charge in [0.2, 0.25) is 10.0 Å². The van der Waals surface area contributed by atoms with E-state index in [2.05, 4.69) is 28.6 Å². The number of hydrogen-bond donors (Lipinski definition) is 2. The SMILES string of the molecule is CN=C(NCCc1cc(C)ccc1OC)NCCS(=O)(=O)N1CCc2ccccc21. The molecule has 0 aromatic heterocycles. The van der Waals surface area contributed by atoms with Crippen LogP contribution in [0.15, 0.2) is 47.5 Å². The van der Waals surface area contributed by atoms with Gasteiger partial charge in [0.05, 0.1) is 18.6 Å². The lowest BCUT2D eigenvalue weighted by atomic mass is 10.1. The fourth-order valence-electron chi connectivity index (χ4n) is 3.64. The number of nitrogens with one attached hydrogen (secondary N) is 2. The minimum absolute atomic E-state index is 0.00768. The van der Waals surface area contributed by atoms with E-state index in [1.54, 1.807) is 14.2 Å². The second kappa shape index (κ2) is 9.84. The Hall–Kier alpha value is -2.74. The van der Waals surface area contributed by atoms with Gasteiger partial charge in [0, 0.05) is 26.7 Å². The average molecular weight is 431 g/mol. The maximum Gasteiger partial charge on any atom is 0.236 e. The molecule has 2 aromatic carbocycles. The molecule has 0 saturated heterocycles. The number of ether oxygens (including phenoxy) is 1. The van der Waals surface area contributed by atoms with E-state index in [1.165, 1.54) is 9.87 Å². The third-order valence-electron chi connectivity index (χ3n) is 5.18. The summed E-state index contributed by atoms with van der Waals surface area (Å²) in [6.45, 7) is 3.50. The van der Waals surface area contributed by atoms with Crippen molar-refractivity contribution in [3.05, 3.63) is 59.2 Å². The molecule has 2 N–H and O–H groups in total. The summed E-state index contributed by atoms with van der Waals surface area (Å²) in [5.41, 5.74) is 4.18. The summed E-state index contributed by atoms with van der Waals surface area (Å²) in [5, 5.41) is 6.34. The Morgan fingerprint density at radius 1 is 1.17 bits per heavy atom. The van der Waals surface area contributed by atoms with Crippen molar-refractivity contribution in [3.63, 3.8) is 0 Å². The van der Waals surface area contributed by atoms with Gasteiger partial charge in [-0.05, 0) is 43.0 Å². The number of benzene rings is 2. The van der Waals surface area contributed by atoms with Gasteiger partial charge in [-0.25, -0.2) is 8.42 Å². The first-order chi connectivity index (χ1) is 14.4. The molecule has 30 heavy (non-hydrogen) atoms. The predicted molar refractivity (Wildman–Crippen MR) is 122 cm³/mol. The number of rotatable bonds is 8. The Morgan fingerprint density at radius 3 is 2.70 bits per heavy atom. The third-order valence-corrected chi connectivity index (χ3v) is 6.95. The number of fused-ring (bicyclic) bond motifs is 1. The molecule has 0 amide bonds. The van der Waals surface area contributed by atoms with Gasteiger partial charge in [0.1, 0.15) is 5.75 Å². The van der Waals surface area contributed by atoms with Crippen LogP contribution in [-0.2, 0) is 22.9 Å². The molecule has 1 aliphatic rings. The predicted octanol–water partition coefficient (Wildman–Crippen LogP) is 2.10.